The zero-order chi connectivity index (χ0) is 6.69. The van der Waals surface area contributed by atoms with E-state index in [1.54, 1.807) is 6.92 Å². The second-order valence-corrected chi connectivity index (χ2v) is 1.53. The second kappa shape index (κ2) is 2.27. The Morgan fingerprint density at radius 1 is 1.67 bits per heavy atom. The van der Waals surface area contributed by atoms with Crippen molar-refractivity contribution in [3.8, 4) is 0 Å². The van der Waals surface area contributed by atoms with Gasteiger partial charge in [-0.3, -0.25) is 0 Å². The molecule has 0 aliphatic heterocycles. The number of hydrogen-bond donors (Lipinski definition) is 0. The summed E-state index contributed by atoms with van der Waals surface area (Å²) in [5.41, 5.74) is 0. The van der Waals surface area contributed by atoms with E-state index < -0.39 is 0 Å². The minimum atomic E-state index is 0.181. The molecular weight excluding hydrogens is 118 g/mol. The minimum absolute atomic E-state index is 0.181. The van der Waals surface area contributed by atoms with Crippen LogP contribution < -0.4 is 0 Å². The SMILES string of the molecule is [C-]#[N+]Cc1nnc(C)o1. The van der Waals surface area contributed by atoms with Gasteiger partial charge in [0.05, 0.1) is 0 Å². The molecule has 0 radical (unpaired) electrons. The first kappa shape index (κ1) is 5.76. The molecule has 0 N–H and O–H groups in total. The van der Waals surface area contributed by atoms with Gasteiger partial charge in [0, 0.05) is 6.92 Å². The minimum Gasteiger partial charge on any atom is -0.419 e. The Morgan fingerprint density at radius 3 is 2.89 bits per heavy atom. The highest BCUT2D eigenvalue weighted by molar-refractivity contribution is 4.81. The van der Waals surface area contributed by atoms with Crippen LogP contribution in [-0.2, 0) is 6.54 Å². The molecule has 4 nitrogen and oxygen atoms in total. The third kappa shape index (κ3) is 1.26. The number of aromatic nitrogens is 2. The molecule has 0 amide bonds. The van der Waals surface area contributed by atoms with E-state index in [4.69, 9.17) is 11.0 Å². The molecule has 0 unspecified atom stereocenters. The quantitative estimate of drug-likeness (QED) is 0.518. The summed E-state index contributed by atoms with van der Waals surface area (Å²) in [6.07, 6.45) is 0. The summed E-state index contributed by atoms with van der Waals surface area (Å²) in [6, 6.07) is 0. The highest BCUT2D eigenvalue weighted by Crippen LogP contribution is 1.97. The fourth-order valence-electron chi connectivity index (χ4n) is 0.469. The fourth-order valence-corrected chi connectivity index (χ4v) is 0.469. The van der Waals surface area contributed by atoms with E-state index in [0.717, 1.165) is 0 Å². The Kier molecular flexibility index (Phi) is 1.45. The van der Waals surface area contributed by atoms with Crippen molar-refractivity contribution in [2.45, 2.75) is 13.5 Å². The van der Waals surface area contributed by atoms with Crippen LogP contribution in [0.3, 0.4) is 0 Å². The molecule has 46 valence electrons. The maximum atomic E-state index is 6.45. The Balaban J connectivity index is 2.76. The maximum absolute atomic E-state index is 6.45. The van der Waals surface area contributed by atoms with E-state index in [9.17, 15) is 0 Å². The first-order valence-corrected chi connectivity index (χ1v) is 2.45. The van der Waals surface area contributed by atoms with Gasteiger partial charge in [0.1, 0.15) is 0 Å². The number of aryl methyl sites for hydroxylation is 1. The Bertz CT molecular complexity index is 235. The summed E-state index contributed by atoms with van der Waals surface area (Å²) in [6.45, 7) is 8.32. The van der Waals surface area contributed by atoms with Crippen LogP contribution in [0.15, 0.2) is 4.42 Å². The summed E-state index contributed by atoms with van der Waals surface area (Å²) in [5.74, 6) is 0.899. The molecule has 0 aliphatic carbocycles. The molecule has 4 heteroatoms. The van der Waals surface area contributed by atoms with E-state index in [-0.39, 0.29) is 6.54 Å². The van der Waals surface area contributed by atoms with Crippen LogP contribution in [0.2, 0.25) is 0 Å². The van der Waals surface area contributed by atoms with Crippen molar-refractivity contribution in [2.75, 3.05) is 0 Å². The van der Waals surface area contributed by atoms with Gasteiger partial charge in [-0.15, -0.1) is 10.2 Å². The fraction of sp³-hybridized carbons (Fsp3) is 0.400. The van der Waals surface area contributed by atoms with Crippen LogP contribution in [0.25, 0.3) is 4.85 Å². The van der Waals surface area contributed by atoms with Gasteiger partial charge in [-0.1, -0.05) is 0 Å². The smallest absolute Gasteiger partial charge is 0.296 e. The first-order valence-electron chi connectivity index (χ1n) is 2.45. The largest absolute Gasteiger partial charge is 0.419 e. The molecule has 0 aromatic carbocycles. The summed E-state index contributed by atoms with van der Waals surface area (Å²) >= 11 is 0. The lowest BCUT2D eigenvalue weighted by molar-refractivity contribution is 0.478. The lowest BCUT2D eigenvalue weighted by atomic mass is 10.7. The molecule has 0 atom stereocenters. The molecule has 9 heavy (non-hydrogen) atoms. The molecule has 0 saturated heterocycles. The molecule has 0 bridgehead atoms. The maximum Gasteiger partial charge on any atom is 0.296 e. The van der Waals surface area contributed by atoms with E-state index in [1.807, 2.05) is 0 Å². The van der Waals surface area contributed by atoms with Gasteiger partial charge in [-0.25, -0.2) is 6.57 Å². The molecule has 1 aromatic heterocycles. The molecule has 1 heterocycles. The van der Waals surface area contributed by atoms with E-state index >= 15 is 0 Å². The van der Waals surface area contributed by atoms with Gasteiger partial charge in [-0.05, 0) is 0 Å². The molecule has 0 fully saturated rings. The highest BCUT2D eigenvalue weighted by atomic mass is 16.4. The van der Waals surface area contributed by atoms with Crippen LogP contribution >= 0.6 is 0 Å². The predicted molar refractivity (Wildman–Crippen MR) is 29.3 cm³/mol. The molecule has 0 spiro atoms. The second-order valence-electron chi connectivity index (χ2n) is 1.53. The molecule has 1 aromatic rings. The number of nitrogens with zero attached hydrogens (tertiary/aromatic N) is 3. The van der Waals surface area contributed by atoms with Gasteiger partial charge in [-0.2, -0.15) is 0 Å². The average Bonchev–Trinajstić information content (AvgIpc) is 2.17. The van der Waals surface area contributed by atoms with Crippen molar-refractivity contribution in [2.24, 2.45) is 0 Å². The van der Waals surface area contributed by atoms with Gasteiger partial charge in [0.25, 0.3) is 12.4 Å². The number of rotatable bonds is 1. The summed E-state index contributed by atoms with van der Waals surface area (Å²) in [7, 11) is 0. The molecular formula is C5H5N3O. The third-order valence-electron chi connectivity index (χ3n) is 0.782. The molecule has 1 rings (SSSR count). The van der Waals surface area contributed by atoms with E-state index in [0.29, 0.717) is 11.8 Å². The normalized spacial score (nSPS) is 8.89. The monoisotopic (exact) mass is 123 g/mol. The lowest BCUT2D eigenvalue weighted by Crippen LogP contribution is -1.76. The third-order valence-corrected chi connectivity index (χ3v) is 0.782. The van der Waals surface area contributed by atoms with Gasteiger partial charge < -0.3 is 9.26 Å². The lowest BCUT2D eigenvalue weighted by Gasteiger charge is -1.74. The summed E-state index contributed by atoms with van der Waals surface area (Å²) in [4.78, 5) is 3.07. The Hall–Kier alpha value is -1.37. The first-order chi connectivity index (χ1) is 4.33. The van der Waals surface area contributed by atoms with Gasteiger partial charge in [0.2, 0.25) is 5.89 Å². The highest BCUT2D eigenvalue weighted by Gasteiger charge is 2.01. The van der Waals surface area contributed by atoms with Crippen molar-refractivity contribution in [1.29, 1.82) is 0 Å². The summed E-state index contributed by atoms with van der Waals surface area (Å²) in [5, 5.41) is 7.15. The van der Waals surface area contributed by atoms with Gasteiger partial charge in [0.15, 0.2) is 0 Å². The topological polar surface area (TPSA) is 43.3 Å². The standard InChI is InChI=1S/C5H5N3O/c1-4-7-8-5(9-4)3-6-2/h3H2,1H3. The zero-order valence-corrected chi connectivity index (χ0v) is 4.96. The van der Waals surface area contributed by atoms with Crippen LogP contribution in [-0.4, -0.2) is 10.2 Å². The van der Waals surface area contributed by atoms with Crippen LogP contribution in [0.5, 0.6) is 0 Å². The molecule has 0 saturated carbocycles. The number of hydrogen-bond acceptors (Lipinski definition) is 3. The van der Waals surface area contributed by atoms with Crippen LogP contribution in [0.1, 0.15) is 11.8 Å². The molecule has 0 aliphatic rings. The Morgan fingerprint density at radius 2 is 2.44 bits per heavy atom. The van der Waals surface area contributed by atoms with Crippen LogP contribution in [0, 0.1) is 13.5 Å². The van der Waals surface area contributed by atoms with Crippen molar-refractivity contribution >= 4 is 0 Å². The van der Waals surface area contributed by atoms with Crippen molar-refractivity contribution in [3.63, 3.8) is 0 Å². The zero-order valence-electron chi connectivity index (χ0n) is 4.96. The van der Waals surface area contributed by atoms with Crippen LogP contribution in [0.4, 0.5) is 0 Å². The summed E-state index contributed by atoms with van der Waals surface area (Å²) < 4.78 is 4.89. The van der Waals surface area contributed by atoms with E-state index in [2.05, 4.69) is 15.0 Å². The predicted octanol–water partition coefficient (Wildman–Crippen LogP) is 0.797. The van der Waals surface area contributed by atoms with Gasteiger partial charge >= 0.3 is 0 Å². The van der Waals surface area contributed by atoms with Crippen molar-refractivity contribution in [3.05, 3.63) is 23.2 Å². The Labute approximate surface area is 52.3 Å². The van der Waals surface area contributed by atoms with Crippen molar-refractivity contribution in [1.82, 2.24) is 10.2 Å². The van der Waals surface area contributed by atoms with E-state index in [1.165, 1.54) is 0 Å². The van der Waals surface area contributed by atoms with Crippen molar-refractivity contribution < 1.29 is 4.42 Å². The average molecular weight is 123 g/mol.